The van der Waals surface area contributed by atoms with Crippen molar-refractivity contribution in [3.05, 3.63) is 59.7 Å². The first-order valence-corrected chi connectivity index (χ1v) is 10.9. The van der Waals surface area contributed by atoms with E-state index >= 15 is 0 Å². The van der Waals surface area contributed by atoms with Gasteiger partial charge in [-0.15, -0.1) is 0 Å². The highest BCUT2D eigenvalue weighted by atomic mass is 16.5. The van der Waals surface area contributed by atoms with Crippen LogP contribution < -0.4 is 9.47 Å². The Labute approximate surface area is 179 Å². The van der Waals surface area contributed by atoms with E-state index in [0.29, 0.717) is 17.9 Å². The summed E-state index contributed by atoms with van der Waals surface area (Å²) in [6.45, 7) is 2.93. The quantitative estimate of drug-likeness (QED) is 0.217. The number of aromatic carboxylic acids is 1. The van der Waals surface area contributed by atoms with E-state index in [1.54, 1.807) is 24.3 Å². The molecule has 0 radical (unpaired) electrons. The lowest BCUT2D eigenvalue weighted by Gasteiger charge is -2.08. The van der Waals surface area contributed by atoms with Gasteiger partial charge in [-0.3, -0.25) is 0 Å². The SMILES string of the molecule is CCCCCCCCCCCOc1ccc(OC(=O)c2ccc(C(=O)O)cc2)cc1. The maximum Gasteiger partial charge on any atom is 0.343 e. The van der Waals surface area contributed by atoms with E-state index in [-0.39, 0.29) is 5.56 Å². The van der Waals surface area contributed by atoms with Gasteiger partial charge in [-0.2, -0.15) is 0 Å². The summed E-state index contributed by atoms with van der Waals surface area (Å²) in [5.41, 5.74) is 0.422. The number of esters is 1. The van der Waals surface area contributed by atoms with E-state index in [1.165, 1.54) is 75.6 Å². The van der Waals surface area contributed by atoms with Crippen LogP contribution in [0.3, 0.4) is 0 Å². The maximum atomic E-state index is 12.2. The number of carboxylic acids is 1. The van der Waals surface area contributed by atoms with Crippen molar-refractivity contribution in [1.29, 1.82) is 0 Å². The number of unbranched alkanes of at least 4 members (excludes halogenated alkanes) is 8. The summed E-state index contributed by atoms with van der Waals surface area (Å²) in [4.78, 5) is 23.0. The molecule has 0 aromatic heterocycles. The average Bonchev–Trinajstić information content (AvgIpc) is 2.76. The second-order valence-corrected chi connectivity index (χ2v) is 7.42. The summed E-state index contributed by atoms with van der Waals surface area (Å²) in [6, 6.07) is 12.6. The molecule has 30 heavy (non-hydrogen) atoms. The highest BCUT2D eigenvalue weighted by Gasteiger charge is 2.10. The van der Waals surface area contributed by atoms with Gasteiger partial charge in [0.15, 0.2) is 0 Å². The first-order chi connectivity index (χ1) is 14.6. The highest BCUT2D eigenvalue weighted by molar-refractivity contribution is 5.93. The van der Waals surface area contributed by atoms with Crippen LogP contribution in [0.2, 0.25) is 0 Å². The number of hydrogen-bond donors (Lipinski definition) is 1. The van der Waals surface area contributed by atoms with Crippen molar-refractivity contribution in [2.75, 3.05) is 6.61 Å². The van der Waals surface area contributed by atoms with Crippen LogP contribution in [-0.4, -0.2) is 23.7 Å². The van der Waals surface area contributed by atoms with Crippen molar-refractivity contribution >= 4 is 11.9 Å². The normalized spacial score (nSPS) is 10.6. The van der Waals surface area contributed by atoms with Crippen LogP contribution >= 0.6 is 0 Å². The van der Waals surface area contributed by atoms with Crippen molar-refractivity contribution < 1.29 is 24.2 Å². The van der Waals surface area contributed by atoms with E-state index in [2.05, 4.69) is 6.92 Å². The molecule has 0 saturated carbocycles. The fourth-order valence-corrected chi connectivity index (χ4v) is 3.12. The molecule has 0 saturated heterocycles. The van der Waals surface area contributed by atoms with Crippen LogP contribution in [-0.2, 0) is 0 Å². The molecule has 0 bridgehead atoms. The monoisotopic (exact) mass is 412 g/mol. The van der Waals surface area contributed by atoms with Gasteiger partial charge in [-0.05, 0) is 55.0 Å². The lowest BCUT2D eigenvalue weighted by molar-refractivity contribution is 0.0691. The van der Waals surface area contributed by atoms with Crippen LogP contribution in [0.1, 0.15) is 85.4 Å². The molecule has 0 atom stereocenters. The number of rotatable bonds is 14. The Morgan fingerprint density at radius 1 is 0.700 bits per heavy atom. The third-order valence-corrected chi connectivity index (χ3v) is 4.92. The zero-order chi connectivity index (χ0) is 21.6. The van der Waals surface area contributed by atoms with E-state index in [4.69, 9.17) is 14.6 Å². The van der Waals surface area contributed by atoms with E-state index < -0.39 is 11.9 Å². The van der Waals surface area contributed by atoms with Crippen molar-refractivity contribution in [1.82, 2.24) is 0 Å². The summed E-state index contributed by atoms with van der Waals surface area (Å²) in [5.74, 6) is -0.402. The fourth-order valence-electron chi connectivity index (χ4n) is 3.12. The Morgan fingerprint density at radius 3 is 1.77 bits per heavy atom. The number of hydrogen-bond acceptors (Lipinski definition) is 4. The van der Waals surface area contributed by atoms with Gasteiger partial charge in [0, 0.05) is 0 Å². The minimum atomic E-state index is -1.03. The van der Waals surface area contributed by atoms with Gasteiger partial charge in [0.05, 0.1) is 17.7 Å². The first-order valence-electron chi connectivity index (χ1n) is 10.9. The molecule has 2 aromatic rings. The molecule has 5 heteroatoms. The van der Waals surface area contributed by atoms with Crippen LogP contribution in [0.4, 0.5) is 0 Å². The third-order valence-electron chi connectivity index (χ3n) is 4.92. The second-order valence-electron chi connectivity index (χ2n) is 7.42. The molecule has 0 unspecified atom stereocenters. The third kappa shape index (κ3) is 8.68. The molecule has 2 aromatic carbocycles. The Kier molecular flexibility index (Phi) is 10.5. The van der Waals surface area contributed by atoms with Crippen molar-refractivity contribution in [3.63, 3.8) is 0 Å². The van der Waals surface area contributed by atoms with Gasteiger partial charge in [0.25, 0.3) is 0 Å². The number of carbonyl (C=O) groups excluding carboxylic acids is 1. The summed E-state index contributed by atoms with van der Waals surface area (Å²) >= 11 is 0. The van der Waals surface area contributed by atoms with Crippen LogP contribution in [0.25, 0.3) is 0 Å². The Hall–Kier alpha value is -2.82. The zero-order valence-corrected chi connectivity index (χ0v) is 17.8. The van der Waals surface area contributed by atoms with Crippen LogP contribution in [0.5, 0.6) is 11.5 Å². The molecule has 0 amide bonds. The van der Waals surface area contributed by atoms with Gasteiger partial charge in [-0.1, -0.05) is 58.3 Å². The largest absolute Gasteiger partial charge is 0.494 e. The molecule has 2 rings (SSSR count). The molecule has 0 spiro atoms. The minimum absolute atomic E-state index is 0.125. The van der Waals surface area contributed by atoms with Crippen molar-refractivity contribution in [2.45, 2.75) is 64.7 Å². The lowest BCUT2D eigenvalue weighted by atomic mass is 10.1. The summed E-state index contributed by atoms with van der Waals surface area (Å²) in [6.07, 6.45) is 11.5. The van der Waals surface area contributed by atoms with E-state index in [9.17, 15) is 9.59 Å². The Bertz CT molecular complexity index is 765. The molecular weight excluding hydrogens is 380 g/mol. The molecular formula is C25H32O5. The van der Waals surface area contributed by atoms with Gasteiger partial charge < -0.3 is 14.6 Å². The average molecular weight is 413 g/mol. The molecule has 1 N–H and O–H groups in total. The molecule has 0 aliphatic carbocycles. The maximum absolute atomic E-state index is 12.2. The van der Waals surface area contributed by atoms with Gasteiger partial charge in [0.2, 0.25) is 0 Å². The molecule has 0 fully saturated rings. The van der Waals surface area contributed by atoms with E-state index in [0.717, 1.165) is 12.2 Å². The molecule has 0 aliphatic rings. The molecule has 0 heterocycles. The molecule has 0 aliphatic heterocycles. The Morgan fingerprint density at radius 2 is 1.20 bits per heavy atom. The van der Waals surface area contributed by atoms with Gasteiger partial charge >= 0.3 is 11.9 Å². The van der Waals surface area contributed by atoms with Gasteiger partial charge in [0.1, 0.15) is 11.5 Å². The zero-order valence-electron chi connectivity index (χ0n) is 17.8. The summed E-state index contributed by atoms with van der Waals surface area (Å²) in [5, 5.41) is 8.90. The molecule has 162 valence electrons. The van der Waals surface area contributed by atoms with Crippen molar-refractivity contribution in [3.8, 4) is 11.5 Å². The van der Waals surface area contributed by atoms with Crippen LogP contribution in [0.15, 0.2) is 48.5 Å². The lowest BCUT2D eigenvalue weighted by Crippen LogP contribution is -2.09. The predicted molar refractivity (Wildman–Crippen MR) is 118 cm³/mol. The number of carboxylic acid groups (broad SMARTS) is 1. The number of ether oxygens (including phenoxy) is 2. The minimum Gasteiger partial charge on any atom is -0.494 e. The van der Waals surface area contributed by atoms with Crippen molar-refractivity contribution in [2.24, 2.45) is 0 Å². The van der Waals surface area contributed by atoms with E-state index in [1.807, 2.05) is 0 Å². The highest BCUT2D eigenvalue weighted by Crippen LogP contribution is 2.19. The second kappa shape index (κ2) is 13.4. The van der Waals surface area contributed by atoms with Crippen LogP contribution in [0, 0.1) is 0 Å². The first kappa shape index (κ1) is 23.5. The summed E-state index contributed by atoms with van der Waals surface area (Å²) < 4.78 is 11.1. The fraction of sp³-hybridized carbons (Fsp3) is 0.440. The predicted octanol–water partition coefficient (Wildman–Crippen LogP) is 6.51. The number of carbonyl (C=O) groups is 2. The molecule has 5 nitrogen and oxygen atoms in total. The Balaban J connectivity index is 1.63. The smallest absolute Gasteiger partial charge is 0.343 e. The number of benzene rings is 2. The topological polar surface area (TPSA) is 72.8 Å². The summed E-state index contributed by atoms with van der Waals surface area (Å²) in [7, 11) is 0. The standard InChI is InChI=1S/C25H32O5/c1-2-3-4-5-6-7-8-9-10-19-29-22-15-17-23(18-16-22)30-25(28)21-13-11-20(12-14-21)24(26)27/h11-18H,2-10,19H2,1H3,(H,26,27). The van der Waals surface area contributed by atoms with Gasteiger partial charge in [-0.25, -0.2) is 9.59 Å².